The minimum Gasteiger partial charge on any atom is -0.493 e. The first-order valence-corrected chi connectivity index (χ1v) is 9.98. The molecule has 0 unspecified atom stereocenters. The van der Waals surface area contributed by atoms with Crippen molar-refractivity contribution in [1.82, 2.24) is 9.78 Å². The van der Waals surface area contributed by atoms with Crippen molar-refractivity contribution < 1.29 is 23.7 Å². The van der Waals surface area contributed by atoms with Crippen molar-refractivity contribution >= 4 is 29.5 Å². The Morgan fingerprint density at radius 1 is 1.03 bits per heavy atom. The molecule has 0 N–H and O–H groups in total. The quantitative estimate of drug-likeness (QED) is 0.410. The number of carbonyl (C=O) groups excluding carboxylic acids is 1. The Bertz CT molecular complexity index is 1220. The van der Waals surface area contributed by atoms with Crippen molar-refractivity contribution in [1.29, 1.82) is 0 Å². The minimum atomic E-state index is -0.600. The molecule has 3 aromatic rings. The summed E-state index contributed by atoms with van der Waals surface area (Å²) >= 11 is 6.56. The van der Waals surface area contributed by atoms with E-state index in [1.807, 2.05) is 37.3 Å². The first kappa shape index (κ1) is 21.5. The number of rotatable bonds is 6. The van der Waals surface area contributed by atoms with E-state index in [1.54, 1.807) is 22.9 Å². The van der Waals surface area contributed by atoms with Crippen molar-refractivity contribution in [3.05, 3.63) is 70.1 Å². The lowest BCUT2D eigenvalue weighted by molar-refractivity contribution is -0.129. The van der Waals surface area contributed by atoms with Crippen LogP contribution in [0.4, 0.5) is 0 Å². The zero-order valence-electron chi connectivity index (χ0n) is 17.9. The maximum atomic E-state index is 12.5. The van der Waals surface area contributed by atoms with Gasteiger partial charge in [-0.05, 0) is 37.3 Å². The highest BCUT2D eigenvalue weighted by Crippen LogP contribution is 2.39. The fraction of sp³-hybridized carbons (Fsp3) is 0.174. The summed E-state index contributed by atoms with van der Waals surface area (Å²) in [7, 11) is 4.52. The highest BCUT2D eigenvalue weighted by molar-refractivity contribution is 6.31. The molecule has 9 heteroatoms. The molecule has 0 radical (unpaired) electrons. The number of para-hydroxylation sites is 1. The lowest BCUT2D eigenvalue weighted by atomic mass is 10.1. The number of hydrogen-bond acceptors (Lipinski definition) is 7. The Morgan fingerprint density at radius 3 is 2.28 bits per heavy atom. The van der Waals surface area contributed by atoms with Gasteiger partial charge in [-0.15, -0.1) is 0 Å². The summed E-state index contributed by atoms with van der Waals surface area (Å²) in [4.78, 5) is 16.9. The Labute approximate surface area is 189 Å². The van der Waals surface area contributed by atoms with Gasteiger partial charge in [-0.25, -0.2) is 14.5 Å². The molecular weight excluding hydrogens is 434 g/mol. The van der Waals surface area contributed by atoms with Gasteiger partial charge in [0, 0.05) is 11.1 Å². The van der Waals surface area contributed by atoms with Gasteiger partial charge in [0.15, 0.2) is 17.2 Å². The van der Waals surface area contributed by atoms with Gasteiger partial charge in [0.25, 0.3) is 0 Å². The average Bonchev–Trinajstić information content (AvgIpc) is 3.32. The van der Waals surface area contributed by atoms with Crippen LogP contribution in [0.2, 0.25) is 5.15 Å². The van der Waals surface area contributed by atoms with E-state index in [2.05, 4.69) is 10.1 Å². The second kappa shape index (κ2) is 8.76. The second-order valence-electron chi connectivity index (χ2n) is 6.79. The number of esters is 1. The van der Waals surface area contributed by atoms with Crippen LogP contribution in [0, 0.1) is 6.92 Å². The maximum Gasteiger partial charge on any atom is 0.363 e. The Balaban J connectivity index is 1.74. The minimum absolute atomic E-state index is 0.103. The van der Waals surface area contributed by atoms with E-state index >= 15 is 0 Å². The summed E-state index contributed by atoms with van der Waals surface area (Å²) in [6.45, 7) is 1.81. The SMILES string of the molecule is COc1cc(C2=N/C(=C\c3c(C)nn(-c4ccccc4)c3Cl)C(=O)O2)cc(OC)c1OC. The summed E-state index contributed by atoms with van der Waals surface area (Å²) in [6.07, 6.45) is 1.57. The Hall–Kier alpha value is -3.78. The Morgan fingerprint density at radius 2 is 1.69 bits per heavy atom. The fourth-order valence-electron chi connectivity index (χ4n) is 3.29. The van der Waals surface area contributed by atoms with Gasteiger partial charge in [-0.1, -0.05) is 29.8 Å². The number of hydrogen-bond donors (Lipinski definition) is 0. The van der Waals surface area contributed by atoms with E-state index in [0.717, 1.165) is 5.69 Å². The third-order valence-corrected chi connectivity index (χ3v) is 5.23. The fourth-order valence-corrected chi connectivity index (χ4v) is 3.62. The van der Waals surface area contributed by atoms with E-state index < -0.39 is 5.97 Å². The number of benzene rings is 2. The number of aromatic nitrogens is 2. The molecule has 0 amide bonds. The van der Waals surface area contributed by atoms with Gasteiger partial charge >= 0.3 is 5.97 Å². The molecule has 8 nitrogen and oxygen atoms in total. The topological polar surface area (TPSA) is 84.2 Å². The predicted octanol–water partition coefficient (Wildman–Crippen LogP) is 4.20. The van der Waals surface area contributed by atoms with Crippen molar-refractivity contribution in [2.24, 2.45) is 4.99 Å². The first-order valence-electron chi connectivity index (χ1n) is 9.60. The monoisotopic (exact) mass is 453 g/mol. The summed E-state index contributed by atoms with van der Waals surface area (Å²) in [5.41, 5.74) is 2.64. The van der Waals surface area contributed by atoms with Gasteiger partial charge in [-0.3, -0.25) is 0 Å². The lowest BCUT2D eigenvalue weighted by Crippen LogP contribution is -2.07. The zero-order valence-corrected chi connectivity index (χ0v) is 18.6. The molecule has 0 aliphatic carbocycles. The first-order chi connectivity index (χ1) is 15.5. The standard InChI is InChI=1S/C23H20ClN3O5/c1-13-16(21(24)27(26-13)15-8-6-5-7-9-15)12-17-23(28)32-22(25-17)14-10-18(29-2)20(31-4)19(11-14)30-3/h5-12H,1-4H3/b17-12-. The molecule has 164 valence electrons. The molecule has 1 aromatic heterocycles. The van der Waals surface area contributed by atoms with Gasteiger partial charge in [-0.2, -0.15) is 5.10 Å². The third-order valence-electron chi connectivity index (χ3n) is 4.86. The van der Waals surface area contributed by atoms with Crippen LogP contribution in [0.15, 0.2) is 53.2 Å². The molecule has 0 spiro atoms. The van der Waals surface area contributed by atoms with Crippen molar-refractivity contribution in [2.75, 3.05) is 21.3 Å². The smallest absolute Gasteiger partial charge is 0.363 e. The number of aliphatic imine (C=N–C) groups is 1. The van der Waals surface area contributed by atoms with Gasteiger partial charge in [0.2, 0.25) is 11.6 Å². The van der Waals surface area contributed by atoms with Crippen LogP contribution >= 0.6 is 11.6 Å². The van der Waals surface area contributed by atoms with Crippen molar-refractivity contribution in [3.63, 3.8) is 0 Å². The van der Waals surface area contributed by atoms with E-state index in [1.165, 1.54) is 21.3 Å². The zero-order chi connectivity index (χ0) is 22.8. The number of ether oxygens (including phenoxy) is 4. The molecule has 2 heterocycles. The van der Waals surface area contributed by atoms with Gasteiger partial charge < -0.3 is 18.9 Å². The number of cyclic esters (lactones) is 1. The van der Waals surface area contributed by atoms with Crippen LogP contribution in [0.3, 0.4) is 0 Å². The molecule has 1 aliphatic heterocycles. The Kier molecular flexibility index (Phi) is 5.87. The van der Waals surface area contributed by atoms with Gasteiger partial charge in [0.05, 0.1) is 32.7 Å². The summed E-state index contributed by atoms with van der Waals surface area (Å²) in [5, 5.41) is 4.85. The second-order valence-corrected chi connectivity index (χ2v) is 7.15. The van der Waals surface area contributed by atoms with Crippen LogP contribution in [-0.4, -0.2) is 43.0 Å². The van der Waals surface area contributed by atoms with E-state index in [0.29, 0.717) is 39.2 Å². The van der Waals surface area contributed by atoms with E-state index in [-0.39, 0.29) is 11.6 Å². The summed E-state index contributed by atoms with van der Waals surface area (Å²) in [5.74, 6) is 0.777. The number of methoxy groups -OCH3 is 3. The van der Waals surface area contributed by atoms with E-state index in [9.17, 15) is 4.79 Å². The maximum absolute atomic E-state index is 12.5. The predicted molar refractivity (Wildman–Crippen MR) is 120 cm³/mol. The average molecular weight is 454 g/mol. The molecule has 0 bridgehead atoms. The molecule has 32 heavy (non-hydrogen) atoms. The molecule has 0 atom stereocenters. The normalized spacial score (nSPS) is 14.3. The van der Waals surface area contributed by atoms with Crippen molar-refractivity contribution in [3.8, 4) is 22.9 Å². The molecule has 1 aliphatic rings. The molecule has 0 saturated carbocycles. The van der Waals surface area contributed by atoms with Crippen LogP contribution in [0.25, 0.3) is 11.8 Å². The summed E-state index contributed by atoms with van der Waals surface area (Å²) < 4.78 is 23.1. The molecule has 4 rings (SSSR count). The lowest BCUT2D eigenvalue weighted by Gasteiger charge is -2.13. The highest BCUT2D eigenvalue weighted by Gasteiger charge is 2.27. The molecular formula is C23H20ClN3O5. The van der Waals surface area contributed by atoms with Crippen LogP contribution < -0.4 is 14.2 Å². The molecule has 2 aromatic carbocycles. The number of nitrogens with zero attached hydrogens (tertiary/aromatic N) is 3. The van der Waals surface area contributed by atoms with Crippen LogP contribution in [0.1, 0.15) is 16.8 Å². The van der Waals surface area contributed by atoms with Crippen LogP contribution in [0.5, 0.6) is 17.2 Å². The van der Waals surface area contributed by atoms with Crippen molar-refractivity contribution in [2.45, 2.75) is 6.92 Å². The molecule has 0 fully saturated rings. The largest absolute Gasteiger partial charge is 0.493 e. The number of aryl methyl sites for hydroxylation is 1. The number of carbonyl (C=O) groups is 1. The summed E-state index contributed by atoms with van der Waals surface area (Å²) in [6, 6.07) is 12.8. The highest BCUT2D eigenvalue weighted by atomic mass is 35.5. The van der Waals surface area contributed by atoms with Crippen LogP contribution in [-0.2, 0) is 9.53 Å². The van der Waals surface area contributed by atoms with Gasteiger partial charge in [0.1, 0.15) is 5.15 Å². The molecule has 0 saturated heterocycles. The van der Waals surface area contributed by atoms with E-state index in [4.69, 9.17) is 30.5 Å². The third kappa shape index (κ3) is 3.80. The number of halogens is 1.